The number of aliphatic hydroxyl groups is 2. The highest BCUT2D eigenvalue weighted by Gasteiger charge is 2.80. The van der Waals surface area contributed by atoms with Gasteiger partial charge in [0.1, 0.15) is 5.60 Å². The van der Waals surface area contributed by atoms with Gasteiger partial charge in [0.2, 0.25) is 5.60 Å². The molecule has 2 N–H and O–H groups in total. The van der Waals surface area contributed by atoms with Gasteiger partial charge in [-0.05, 0) is 74.5 Å². The first-order chi connectivity index (χ1) is 10.4. The second kappa shape index (κ2) is 4.21. The standard InChI is InChI=1S/C16H21F5O2/c1-13(22,16(19,20)21)15(17,18)14(23)6-9-5-10(14)12-8-3-2-7(4-8)11(9)12/h7-12,22-23H,2-6H2,1H3. The quantitative estimate of drug-likeness (QED) is 0.598. The molecular weight excluding hydrogens is 319 g/mol. The zero-order valence-corrected chi connectivity index (χ0v) is 12.8. The van der Waals surface area contributed by atoms with E-state index in [1.54, 1.807) is 0 Å². The Morgan fingerprint density at radius 2 is 1.48 bits per heavy atom. The van der Waals surface area contributed by atoms with Crippen molar-refractivity contribution >= 4 is 0 Å². The van der Waals surface area contributed by atoms with Crippen LogP contribution in [0, 0.1) is 35.5 Å². The largest absolute Gasteiger partial charge is 0.423 e. The Balaban J connectivity index is 1.70. The van der Waals surface area contributed by atoms with Crippen molar-refractivity contribution < 1.29 is 32.2 Å². The third kappa shape index (κ3) is 1.66. The summed E-state index contributed by atoms with van der Waals surface area (Å²) in [5.74, 6) is -4.68. The van der Waals surface area contributed by atoms with Gasteiger partial charge in [0, 0.05) is 0 Å². The molecule has 4 saturated carbocycles. The van der Waals surface area contributed by atoms with Crippen molar-refractivity contribution in [3.05, 3.63) is 0 Å². The van der Waals surface area contributed by atoms with Crippen molar-refractivity contribution in [3.8, 4) is 0 Å². The van der Waals surface area contributed by atoms with Gasteiger partial charge >= 0.3 is 12.1 Å². The van der Waals surface area contributed by atoms with E-state index in [-0.39, 0.29) is 37.0 Å². The Bertz CT molecular complexity index is 531. The van der Waals surface area contributed by atoms with Crippen LogP contribution in [0.15, 0.2) is 0 Å². The van der Waals surface area contributed by atoms with Crippen molar-refractivity contribution in [2.75, 3.05) is 0 Å². The summed E-state index contributed by atoms with van der Waals surface area (Å²) in [5, 5.41) is 20.2. The summed E-state index contributed by atoms with van der Waals surface area (Å²) in [6.07, 6.45) is -2.51. The highest BCUT2D eigenvalue weighted by Crippen LogP contribution is 2.72. The van der Waals surface area contributed by atoms with Gasteiger partial charge in [-0.1, -0.05) is 0 Å². The summed E-state index contributed by atoms with van der Waals surface area (Å²) in [6.45, 7) is 0.0786. The lowest BCUT2D eigenvalue weighted by molar-refractivity contribution is -0.370. The maximum absolute atomic E-state index is 14.7. The van der Waals surface area contributed by atoms with Crippen LogP contribution in [0.3, 0.4) is 0 Å². The molecule has 0 aromatic carbocycles. The van der Waals surface area contributed by atoms with E-state index in [0.717, 1.165) is 19.3 Å². The lowest BCUT2D eigenvalue weighted by Crippen LogP contribution is -2.69. The molecule has 4 aliphatic rings. The van der Waals surface area contributed by atoms with Crippen LogP contribution in [0.4, 0.5) is 22.0 Å². The van der Waals surface area contributed by atoms with Crippen molar-refractivity contribution in [1.29, 1.82) is 0 Å². The maximum Gasteiger partial charge on any atom is 0.423 e. The molecule has 23 heavy (non-hydrogen) atoms. The summed E-state index contributed by atoms with van der Waals surface area (Å²) in [6, 6.07) is 0. The van der Waals surface area contributed by atoms with E-state index >= 15 is 0 Å². The Kier molecular flexibility index (Phi) is 2.94. The molecule has 0 radical (unpaired) electrons. The molecule has 7 heteroatoms. The van der Waals surface area contributed by atoms with E-state index < -0.39 is 29.2 Å². The molecule has 8 atom stereocenters. The second-order valence-corrected chi connectivity index (χ2v) is 8.36. The number of halogens is 5. The van der Waals surface area contributed by atoms with Crippen molar-refractivity contribution in [3.63, 3.8) is 0 Å². The van der Waals surface area contributed by atoms with Crippen LogP contribution in [0.1, 0.15) is 39.0 Å². The van der Waals surface area contributed by atoms with Crippen LogP contribution >= 0.6 is 0 Å². The van der Waals surface area contributed by atoms with Gasteiger partial charge in [-0.2, -0.15) is 22.0 Å². The Morgan fingerprint density at radius 3 is 2.04 bits per heavy atom. The average Bonchev–Trinajstić information content (AvgIpc) is 3.14. The van der Waals surface area contributed by atoms with Crippen molar-refractivity contribution in [2.24, 2.45) is 35.5 Å². The van der Waals surface area contributed by atoms with Crippen LogP contribution in [-0.2, 0) is 0 Å². The minimum Gasteiger partial charge on any atom is -0.383 e. The summed E-state index contributed by atoms with van der Waals surface area (Å²) in [7, 11) is 0. The van der Waals surface area contributed by atoms with Crippen molar-refractivity contribution in [1.82, 2.24) is 0 Å². The van der Waals surface area contributed by atoms with E-state index in [4.69, 9.17) is 0 Å². The van der Waals surface area contributed by atoms with Gasteiger partial charge in [0.25, 0.3) is 0 Å². The van der Waals surface area contributed by atoms with E-state index in [9.17, 15) is 32.2 Å². The Hall–Kier alpha value is -0.430. The third-order valence-corrected chi connectivity index (χ3v) is 7.51. The predicted octanol–water partition coefficient (Wildman–Crippen LogP) is 3.37. The van der Waals surface area contributed by atoms with E-state index in [0.29, 0.717) is 12.3 Å². The molecule has 0 aromatic heterocycles. The monoisotopic (exact) mass is 340 g/mol. The minimum atomic E-state index is -5.50. The fourth-order valence-electron chi connectivity index (χ4n) is 6.56. The van der Waals surface area contributed by atoms with Gasteiger partial charge in [-0.3, -0.25) is 0 Å². The summed E-state index contributed by atoms with van der Waals surface area (Å²) in [4.78, 5) is 0. The molecule has 0 amide bonds. The number of alkyl halides is 5. The molecule has 4 aliphatic carbocycles. The van der Waals surface area contributed by atoms with E-state index in [1.165, 1.54) is 0 Å². The molecule has 8 unspecified atom stereocenters. The summed E-state index contributed by atoms with van der Waals surface area (Å²) in [5.41, 5.74) is -6.99. The van der Waals surface area contributed by atoms with Gasteiger partial charge in [0.05, 0.1) is 0 Å². The first-order valence-electron chi connectivity index (χ1n) is 8.31. The Morgan fingerprint density at radius 1 is 0.913 bits per heavy atom. The Labute approximate surface area is 131 Å². The van der Waals surface area contributed by atoms with Gasteiger partial charge in [-0.15, -0.1) is 0 Å². The first kappa shape index (κ1) is 16.1. The molecule has 0 aromatic rings. The van der Waals surface area contributed by atoms with Crippen LogP contribution in [0.25, 0.3) is 0 Å². The van der Waals surface area contributed by atoms with E-state index in [1.807, 2.05) is 0 Å². The van der Waals surface area contributed by atoms with Gasteiger partial charge in [-0.25, -0.2) is 0 Å². The first-order valence-corrected chi connectivity index (χ1v) is 8.31. The lowest BCUT2D eigenvalue weighted by Gasteiger charge is -2.50. The topological polar surface area (TPSA) is 40.5 Å². The molecule has 0 spiro atoms. The minimum absolute atomic E-state index is 0.0786. The van der Waals surface area contributed by atoms with Crippen LogP contribution in [-0.4, -0.2) is 33.5 Å². The third-order valence-electron chi connectivity index (χ3n) is 7.51. The van der Waals surface area contributed by atoms with Crippen LogP contribution in [0.5, 0.6) is 0 Å². The molecule has 4 fully saturated rings. The van der Waals surface area contributed by atoms with Gasteiger partial charge < -0.3 is 10.2 Å². The fourth-order valence-corrected chi connectivity index (χ4v) is 6.56. The molecule has 2 nitrogen and oxygen atoms in total. The number of rotatable bonds is 2. The molecule has 0 saturated heterocycles. The second-order valence-electron chi connectivity index (χ2n) is 8.36. The molecular formula is C16H21F5O2. The highest BCUT2D eigenvalue weighted by molar-refractivity contribution is 5.22. The average molecular weight is 340 g/mol. The van der Waals surface area contributed by atoms with E-state index in [2.05, 4.69) is 0 Å². The maximum atomic E-state index is 14.7. The number of fused-ring (bicyclic) bond motifs is 9. The summed E-state index contributed by atoms with van der Waals surface area (Å²) >= 11 is 0. The molecule has 0 aliphatic heterocycles. The number of hydrogen-bond donors (Lipinski definition) is 2. The molecule has 4 rings (SSSR count). The summed E-state index contributed by atoms with van der Waals surface area (Å²) < 4.78 is 68.4. The highest BCUT2D eigenvalue weighted by atomic mass is 19.4. The van der Waals surface area contributed by atoms with Crippen LogP contribution in [0.2, 0.25) is 0 Å². The fraction of sp³-hybridized carbons (Fsp3) is 1.00. The lowest BCUT2D eigenvalue weighted by atomic mass is 9.62. The smallest absolute Gasteiger partial charge is 0.383 e. The predicted molar refractivity (Wildman–Crippen MR) is 70.6 cm³/mol. The number of hydrogen-bond acceptors (Lipinski definition) is 2. The molecule has 132 valence electrons. The zero-order valence-electron chi connectivity index (χ0n) is 12.8. The SMILES string of the molecule is CC(O)(C(F)(F)F)C(F)(F)C1(O)CC2CC1C1C3CCC(C3)C21. The molecule has 0 heterocycles. The zero-order chi connectivity index (χ0) is 17.0. The van der Waals surface area contributed by atoms with Crippen molar-refractivity contribution in [2.45, 2.75) is 62.3 Å². The molecule has 4 bridgehead atoms. The van der Waals surface area contributed by atoms with Crippen LogP contribution < -0.4 is 0 Å². The normalized spacial score (nSPS) is 51.1. The van der Waals surface area contributed by atoms with Gasteiger partial charge in [0.15, 0.2) is 0 Å².